The van der Waals surface area contributed by atoms with Crippen LogP contribution in [0.3, 0.4) is 0 Å². The van der Waals surface area contributed by atoms with Gasteiger partial charge in [-0.2, -0.15) is 0 Å². The first-order chi connectivity index (χ1) is 11.9. The van der Waals surface area contributed by atoms with Gasteiger partial charge >= 0.3 is 0 Å². The van der Waals surface area contributed by atoms with Gasteiger partial charge in [0, 0.05) is 5.41 Å². The van der Waals surface area contributed by atoms with Crippen molar-refractivity contribution in [3.8, 4) is 5.75 Å². The Bertz CT molecular complexity index is 727. The second-order valence-electron chi connectivity index (χ2n) is 8.49. The Morgan fingerprint density at radius 2 is 2.12 bits per heavy atom. The van der Waals surface area contributed by atoms with E-state index < -0.39 is 5.60 Å². The number of hydrogen-bond donors (Lipinski definition) is 2. The van der Waals surface area contributed by atoms with Crippen molar-refractivity contribution in [3.63, 3.8) is 0 Å². The first-order valence-corrected chi connectivity index (χ1v) is 10.6. The molecule has 134 valence electrons. The molecule has 25 heavy (non-hydrogen) atoms. The van der Waals surface area contributed by atoms with Crippen LogP contribution in [-0.4, -0.2) is 15.8 Å². The number of phenols is 1. The highest BCUT2D eigenvalue weighted by Gasteiger charge is 2.62. The molecule has 4 rings (SSSR count). The summed E-state index contributed by atoms with van der Waals surface area (Å²) in [5.41, 5.74) is 1.93. The molecule has 0 bridgehead atoms. The third-order valence-electron chi connectivity index (χ3n) is 7.62. The van der Waals surface area contributed by atoms with Crippen LogP contribution in [0.2, 0.25) is 0 Å². The number of phenolic OH excluding ortho intramolecular Hbond substituents is 1. The Balaban J connectivity index is 1.79. The summed E-state index contributed by atoms with van der Waals surface area (Å²) in [6.45, 7) is 6.46. The molecule has 3 heteroatoms. The fourth-order valence-corrected chi connectivity index (χ4v) is 7.00. The molecule has 0 amide bonds. The van der Waals surface area contributed by atoms with Gasteiger partial charge in [0.25, 0.3) is 0 Å². The predicted molar refractivity (Wildman–Crippen MR) is 110 cm³/mol. The van der Waals surface area contributed by atoms with Crippen molar-refractivity contribution in [2.75, 3.05) is 0 Å². The summed E-state index contributed by atoms with van der Waals surface area (Å²) in [6, 6.07) is 5.91. The SMILES string of the molecule is C=C[C@H]1C[C@@]2(C)C(CC[C@@]2(O)/C=C/I)C2CCc3cc(O)ccc3C21. The molecule has 1 aromatic rings. The highest BCUT2D eigenvalue weighted by atomic mass is 127. The largest absolute Gasteiger partial charge is 0.508 e. The molecule has 0 spiro atoms. The molecule has 3 unspecified atom stereocenters. The van der Waals surface area contributed by atoms with E-state index in [1.165, 1.54) is 11.1 Å². The lowest BCUT2D eigenvalue weighted by Gasteiger charge is -2.55. The van der Waals surface area contributed by atoms with Crippen LogP contribution in [0.5, 0.6) is 5.75 Å². The van der Waals surface area contributed by atoms with Gasteiger partial charge in [0.15, 0.2) is 0 Å². The van der Waals surface area contributed by atoms with Crippen molar-refractivity contribution in [2.45, 2.75) is 50.5 Å². The monoisotopic (exact) mass is 450 g/mol. The van der Waals surface area contributed by atoms with Crippen LogP contribution in [0.4, 0.5) is 0 Å². The van der Waals surface area contributed by atoms with Gasteiger partial charge in [-0.05, 0) is 89.2 Å². The molecule has 2 saturated carbocycles. The minimum absolute atomic E-state index is 0.0802. The van der Waals surface area contributed by atoms with E-state index in [-0.39, 0.29) is 5.41 Å². The fraction of sp³-hybridized carbons (Fsp3) is 0.545. The third-order valence-corrected chi connectivity index (χ3v) is 7.98. The summed E-state index contributed by atoms with van der Waals surface area (Å²) in [7, 11) is 0. The summed E-state index contributed by atoms with van der Waals surface area (Å²) in [4.78, 5) is 0. The Morgan fingerprint density at radius 1 is 1.32 bits per heavy atom. The average Bonchev–Trinajstić information content (AvgIpc) is 2.85. The molecule has 2 fully saturated rings. The van der Waals surface area contributed by atoms with Gasteiger partial charge in [0.2, 0.25) is 0 Å². The number of rotatable bonds is 2. The molecule has 0 heterocycles. The number of aryl methyl sites for hydroxylation is 1. The first-order valence-electron chi connectivity index (χ1n) is 9.38. The highest BCUT2D eigenvalue weighted by Crippen LogP contribution is 2.66. The lowest BCUT2D eigenvalue weighted by Crippen LogP contribution is -2.52. The molecule has 0 saturated heterocycles. The van der Waals surface area contributed by atoms with Crippen LogP contribution in [0, 0.1) is 23.2 Å². The van der Waals surface area contributed by atoms with E-state index >= 15 is 0 Å². The summed E-state index contributed by atoms with van der Waals surface area (Å²) >= 11 is 2.23. The Morgan fingerprint density at radius 3 is 2.84 bits per heavy atom. The average molecular weight is 450 g/mol. The molecule has 0 aliphatic heterocycles. The van der Waals surface area contributed by atoms with Gasteiger partial charge in [-0.1, -0.05) is 41.7 Å². The second-order valence-corrected chi connectivity index (χ2v) is 9.21. The van der Waals surface area contributed by atoms with Gasteiger partial charge < -0.3 is 10.2 Å². The zero-order chi connectivity index (χ0) is 17.8. The molecule has 3 aliphatic carbocycles. The van der Waals surface area contributed by atoms with Crippen molar-refractivity contribution in [1.82, 2.24) is 0 Å². The predicted octanol–water partition coefficient (Wildman–Crippen LogP) is 5.34. The van der Waals surface area contributed by atoms with E-state index in [2.05, 4.69) is 48.2 Å². The van der Waals surface area contributed by atoms with Gasteiger partial charge in [0.1, 0.15) is 5.75 Å². The minimum Gasteiger partial charge on any atom is -0.508 e. The Labute approximate surface area is 164 Å². The Kier molecular flexibility index (Phi) is 4.31. The fourth-order valence-electron chi connectivity index (χ4n) is 6.41. The third kappa shape index (κ3) is 2.45. The van der Waals surface area contributed by atoms with Crippen molar-refractivity contribution >= 4 is 22.6 Å². The maximum Gasteiger partial charge on any atom is 0.115 e. The quantitative estimate of drug-likeness (QED) is 0.472. The number of hydrogen-bond acceptors (Lipinski definition) is 2. The summed E-state index contributed by atoms with van der Waals surface area (Å²) in [5, 5.41) is 21.3. The lowest BCUT2D eigenvalue weighted by atomic mass is 9.50. The molecule has 0 radical (unpaired) electrons. The van der Waals surface area contributed by atoms with E-state index in [0.717, 1.165) is 32.1 Å². The van der Waals surface area contributed by atoms with E-state index in [1.54, 1.807) is 0 Å². The van der Waals surface area contributed by atoms with Crippen LogP contribution in [0.25, 0.3) is 0 Å². The van der Waals surface area contributed by atoms with E-state index in [0.29, 0.717) is 29.4 Å². The lowest BCUT2D eigenvalue weighted by molar-refractivity contribution is -0.0824. The molecule has 3 aliphatic rings. The molecule has 2 N–H and O–H groups in total. The van der Waals surface area contributed by atoms with Crippen molar-refractivity contribution in [2.24, 2.45) is 23.2 Å². The molecule has 2 nitrogen and oxygen atoms in total. The van der Waals surface area contributed by atoms with Crippen molar-refractivity contribution in [1.29, 1.82) is 0 Å². The minimum atomic E-state index is -0.694. The standard InChI is InChI=1S/C22H27IO2/c1-3-14-13-21(2)19(8-9-22(21,25)10-11-23)18-6-4-15-12-16(24)5-7-17(15)20(14)18/h3,5,7,10-12,14,18-20,24-25H,1,4,6,8-9,13H2,2H3/b11-10+/t14-,18?,19?,20?,21-,22+/m0/s1. The van der Waals surface area contributed by atoms with Crippen molar-refractivity contribution in [3.05, 3.63) is 52.1 Å². The topological polar surface area (TPSA) is 40.5 Å². The zero-order valence-electron chi connectivity index (χ0n) is 14.8. The maximum atomic E-state index is 11.4. The van der Waals surface area contributed by atoms with E-state index in [4.69, 9.17) is 0 Å². The van der Waals surface area contributed by atoms with Crippen LogP contribution in [0.15, 0.2) is 41.0 Å². The summed E-state index contributed by atoms with van der Waals surface area (Å²) in [6.07, 6.45) is 9.28. The van der Waals surface area contributed by atoms with Crippen LogP contribution in [0.1, 0.15) is 49.7 Å². The number of aromatic hydroxyl groups is 1. The van der Waals surface area contributed by atoms with Crippen LogP contribution in [-0.2, 0) is 6.42 Å². The molecule has 0 aromatic heterocycles. The number of halogens is 1. The highest BCUT2D eigenvalue weighted by molar-refractivity contribution is 14.1. The number of fused-ring (bicyclic) bond motifs is 5. The van der Waals surface area contributed by atoms with Crippen molar-refractivity contribution < 1.29 is 10.2 Å². The van der Waals surface area contributed by atoms with Gasteiger partial charge in [0.05, 0.1) is 5.60 Å². The number of allylic oxidation sites excluding steroid dienone is 1. The molecule has 6 atom stereocenters. The summed E-state index contributed by atoms with van der Waals surface area (Å²) < 4.78 is 1.99. The van der Waals surface area contributed by atoms with Gasteiger partial charge in [-0.3, -0.25) is 0 Å². The first kappa shape index (κ1) is 17.6. The van der Waals surface area contributed by atoms with Crippen LogP contribution >= 0.6 is 22.6 Å². The van der Waals surface area contributed by atoms with E-state index in [9.17, 15) is 10.2 Å². The number of aliphatic hydroxyl groups is 1. The Hall–Kier alpha value is -0.810. The van der Waals surface area contributed by atoms with Crippen LogP contribution < -0.4 is 0 Å². The zero-order valence-corrected chi connectivity index (χ0v) is 16.9. The van der Waals surface area contributed by atoms with Gasteiger partial charge in [-0.25, -0.2) is 0 Å². The molecule has 1 aromatic carbocycles. The summed E-state index contributed by atoms with van der Waals surface area (Å²) in [5.74, 6) is 2.37. The second kappa shape index (κ2) is 6.12. The molecular weight excluding hydrogens is 423 g/mol. The number of benzene rings is 1. The van der Waals surface area contributed by atoms with E-state index in [1.807, 2.05) is 22.3 Å². The normalized spacial score (nSPS) is 42.7. The van der Waals surface area contributed by atoms with Gasteiger partial charge in [-0.15, -0.1) is 6.58 Å². The molecular formula is C22H27IO2. The maximum absolute atomic E-state index is 11.4. The smallest absolute Gasteiger partial charge is 0.115 e.